The minimum Gasteiger partial charge on any atom is -0.313 e. The van der Waals surface area contributed by atoms with Crippen LogP contribution in [0.2, 0.25) is 0 Å². The summed E-state index contributed by atoms with van der Waals surface area (Å²) >= 11 is 0. The molecule has 1 nitrogen and oxygen atoms in total. The molecule has 0 aromatic heterocycles. The first-order chi connectivity index (χ1) is 7.15. The van der Waals surface area contributed by atoms with Crippen LogP contribution < -0.4 is 5.32 Å². The van der Waals surface area contributed by atoms with Gasteiger partial charge in [-0.2, -0.15) is 0 Å². The largest absolute Gasteiger partial charge is 0.313 e. The standard InChI is InChI=1S/C13H18FN/c1-10(15-2)11-5-3-6-12(9-11)13(14)7-4-8-13/h3,5-6,9-10,15H,4,7-8H2,1-2H3. The van der Waals surface area contributed by atoms with Gasteiger partial charge in [0.1, 0.15) is 5.67 Å². The summed E-state index contributed by atoms with van der Waals surface area (Å²) in [5.74, 6) is 0. The van der Waals surface area contributed by atoms with Crippen molar-refractivity contribution < 1.29 is 4.39 Å². The highest BCUT2D eigenvalue weighted by molar-refractivity contribution is 5.31. The van der Waals surface area contributed by atoms with Crippen LogP contribution in [0.5, 0.6) is 0 Å². The molecule has 0 radical (unpaired) electrons. The Hall–Kier alpha value is -0.890. The van der Waals surface area contributed by atoms with Crippen molar-refractivity contribution in [1.29, 1.82) is 0 Å². The topological polar surface area (TPSA) is 12.0 Å². The lowest BCUT2D eigenvalue weighted by Crippen LogP contribution is -2.29. The van der Waals surface area contributed by atoms with Crippen LogP contribution in [-0.2, 0) is 5.67 Å². The third-order valence-electron chi connectivity index (χ3n) is 3.48. The predicted octanol–water partition coefficient (Wildman–Crippen LogP) is 3.32. The Morgan fingerprint density at radius 3 is 2.67 bits per heavy atom. The summed E-state index contributed by atoms with van der Waals surface area (Å²) in [4.78, 5) is 0. The SMILES string of the molecule is CNC(C)c1cccc(C2(F)CCC2)c1. The predicted molar refractivity (Wildman–Crippen MR) is 60.6 cm³/mol. The second-order valence-corrected chi connectivity index (χ2v) is 4.45. The van der Waals surface area contributed by atoms with Crippen molar-refractivity contribution in [2.24, 2.45) is 0 Å². The number of hydrogen-bond acceptors (Lipinski definition) is 1. The molecule has 0 bridgehead atoms. The van der Waals surface area contributed by atoms with Crippen LogP contribution in [0, 0.1) is 0 Å². The molecule has 0 aliphatic heterocycles. The van der Waals surface area contributed by atoms with Crippen molar-refractivity contribution >= 4 is 0 Å². The van der Waals surface area contributed by atoms with Gasteiger partial charge in [-0.15, -0.1) is 0 Å². The molecule has 1 N–H and O–H groups in total. The monoisotopic (exact) mass is 207 g/mol. The van der Waals surface area contributed by atoms with E-state index in [1.54, 1.807) is 0 Å². The van der Waals surface area contributed by atoms with E-state index in [0.717, 1.165) is 12.0 Å². The number of halogens is 1. The van der Waals surface area contributed by atoms with Crippen LogP contribution in [-0.4, -0.2) is 7.05 Å². The number of benzene rings is 1. The van der Waals surface area contributed by atoms with Gasteiger partial charge in [0.25, 0.3) is 0 Å². The number of alkyl halides is 1. The normalized spacial score (nSPS) is 20.7. The van der Waals surface area contributed by atoms with E-state index in [1.165, 1.54) is 5.56 Å². The summed E-state index contributed by atoms with van der Waals surface area (Å²) in [5.41, 5.74) is 0.982. The van der Waals surface area contributed by atoms with Gasteiger partial charge in [0.2, 0.25) is 0 Å². The second kappa shape index (κ2) is 3.93. The molecule has 2 rings (SSSR count). The lowest BCUT2D eigenvalue weighted by Gasteiger charge is -2.34. The van der Waals surface area contributed by atoms with E-state index < -0.39 is 5.67 Å². The summed E-state index contributed by atoms with van der Waals surface area (Å²) < 4.78 is 14.2. The van der Waals surface area contributed by atoms with E-state index in [2.05, 4.69) is 12.2 Å². The summed E-state index contributed by atoms with van der Waals surface area (Å²) in [6, 6.07) is 8.20. The molecule has 0 saturated heterocycles. The Labute approximate surface area is 90.7 Å². The molecule has 1 aliphatic rings. The fourth-order valence-corrected chi connectivity index (χ4v) is 2.03. The summed E-state index contributed by atoms with van der Waals surface area (Å²) in [6.07, 6.45) is 2.39. The second-order valence-electron chi connectivity index (χ2n) is 4.45. The highest BCUT2D eigenvalue weighted by Crippen LogP contribution is 2.45. The first kappa shape index (κ1) is 10.6. The van der Waals surface area contributed by atoms with Crippen molar-refractivity contribution in [3.8, 4) is 0 Å². The fraction of sp³-hybridized carbons (Fsp3) is 0.538. The first-order valence-corrected chi connectivity index (χ1v) is 5.62. The minimum absolute atomic E-state index is 0.286. The molecule has 2 heteroatoms. The zero-order chi connectivity index (χ0) is 10.9. The number of nitrogens with one attached hydrogen (secondary N) is 1. The molecule has 1 unspecified atom stereocenters. The van der Waals surface area contributed by atoms with Crippen molar-refractivity contribution in [2.45, 2.75) is 37.9 Å². The maximum absolute atomic E-state index is 14.2. The van der Waals surface area contributed by atoms with Crippen molar-refractivity contribution in [2.75, 3.05) is 7.05 Å². The van der Waals surface area contributed by atoms with Gasteiger partial charge >= 0.3 is 0 Å². The van der Waals surface area contributed by atoms with Crippen molar-refractivity contribution in [3.63, 3.8) is 0 Å². The minimum atomic E-state index is -1.04. The summed E-state index contributed by atoms with van der Waals surface area (Å²) in [7, 11) is 1.92. The van der Waals surface area contributed by atoms with Gasteiger partial charge in [-0.1, -0.05) is 24.3 Å². The van der Waals surface area contributed by atoms with Crippen LogP contribution in [0.3, 0.4) is 0 Å². The molecule has 1 fully saturated rings. The average molecular weight is 207 g/mol. The van der Waals surface area contributed by atoms with Gasteiger partial charge < -0.3 is 5.32 Å². The Morgan fingerprint density at radius 1 is 1.40 bits per heavy atom. The third kappa shape index (κ3) is 1.91. The average Bonchev–Trinajstić information content (AvgIpc) is 2.25. The van der Waals surface area contributed by atoms with Gasteiger partial charge in [-0.3, -0.25) is 0 Å². The Kier molecular flexibility index (Phi) is 2.79. The van der Waals surface area contributed by atoms with E-state index >= 15 is 0 Å². The van der Waals surface area contributed by atoms with E-state index in [4.69, 9.17) is 0 Å². The van der Waals surface area contributed by atoms with Gasteiger partial charge in [-0.25, -0.2) is 4.39 Å². The van der Waals surface area contributed by atoms with Crippen LogP contribution >= 0.6 is 0 Å². The van der Waals surface area contributed by atoms with Crippen LogP contribution in [0.15, 0.2) is 24.3 Å². The molecule has 1 atom stereocenters. The van der Waals surface area contributed by atoms with E-state index in [9.17, 15) is 4.39 Å². The molecule has 0 heterocycles. The molecule has 15 heavy (non-hydrogen) atoms. The van der Waals surface area contributed by atoms with Gasteiger partial charge in [0, 0.05) is 6.04 Å². The van der Waals surface area contributed by atoms with E-state index in [1.807, 2.05) is 31.3 Å². The van der Waals surface area contributed by atoms with Gasteiger partial charge in [-0.05, 0) is 44.4 Å². The summed E-state index contributed by atoms with van der Waals surface area (Å²) in [5, 5.41) is 3.17. The molecule has 82 valence electrons. The summed E-state index contributed by atoms with van der Waals surface area (Å²) in [6.45, 7) is 2.09. The zero-order valence-corrected chi connectivity index (χ0v) is 9.39. The van der Waals surface area contributed by atoms with Crippen LogP contribution in [0.1, 0.15) is 43.4 Å². The molecular formula is C13H18FN. The molecule has 1 aliphatic carbocycles. The maximum atomic E-state index is 14.2. The Morgan fingerprint density at radius 2 is 2.13 bits per heavy atom. The highest BCUT2D eigenvalue weighted by atomic mass is 19.1. The third-order valence-corrected chi connectivity index (χ3v) is 3.48. The van der Waals surface area contributed by atoms with Crippen molar-refractivity contribution in [3.05, 3.63) is 35.4 Å². The molecule has 1 saturated carbocycles. The lowest BCUT2D eigenvalue weighted by atomic mass is 9.76. The molecule has 0 amide bonds. The smallest absolute Gasteiger partial charge is 0.136 e. The molecular weight excluding hydrogens is 189 g/mol. The maximum Gasteiger partial charge on any atom is 0.136 e. The van der Waals surface area contributed by atoms with Crippen LogP contribution in [0.4, 0.5) is 4.39 Å². The molecule has 1 aromatic carbocycles. The Bertz CT molecular complexity index is 344. The quantitative estimate of drug-likeness (QED) is 0.801. The lowest BCUT2D eigenvalue weighted by molar-refractivity contribution is 0.0608. The van der Waals surface area contributed by atoms with Gasteiger partial charge in [0.15, 0.2) is 0 Å². The first-order valence-electron chi connectivity index (χ1n) is 5.62. The van der Waals surface area contributed by atoms with E-state index in [-0.39, 0.29) is 6.04 Å². The molecule has 0 spiro atoms. The van der Waals surface area contributed by atoms with Gasteiger partial charge in [0.05, 0.1) is 0 Å². The fourth-order valence-electron chi connectivity index (χ4n) is 2.03. The van der Waals surface area contributed by atoms with E-state index in [0.29, 0.717) is 12.8 Å². The highest BCUT2D eigenvalue weighted by Gasteiger charge is 2.38. The van der Waals surface area contributed by atoms with Crippen LogP contribution in [0.25, 0.3) is 0 Å². The molecule has 1 aromatic rings. The van der Waals surface area contributed by atoms with Crippen molar-refractivity contribution in [1.82, 2.24) is 5.32 Å². The number of rotatable bonds is 3. The zero-order valence-electron chi connectivity index (χ0n) is 9.39. The number of hydrogen-bond donors (Lipinski definition) is 1. The Balaban J connectivity index is 2.26.